The van der Waals surface area contributed by atoms with Crippen molar-refractivity contribution in [3.63, 3.8) is 0 Å². The van der Waals surface area contributed by atoms with Gasteiger partial charge in [-0.1, -0.05) is 38.1 Å². The van der Waals surface area contributed by atoms with Crippen molar-refractivity contribution in [1.82, 2.24) is 0 Å². The lowest BCUT2D eigenvalue weighted by molar-refractivity contribution is 0.113. The molecular weight excluding hydrogens is 236 g/mol. The quantitative estimate of drug-likeness (QED) is 0.809. The first-order valence-corrected chi connectivity index (χ1v) is 7.24. The Hall–Kier alpha value is -0.710. The van der Waals surface area contributed by atoms with Crippen LogP contribution >= 0.6 is 0 Å². The van der Waals surface area contributed by atoms with Crippen LogP contribution in [0.3, 0.4) is 0 Å². The molecule has 0 spiro atoms. The molecule has 0 heterocycles. The van der Waals surface area contributed by atoms with Crippen LogP contribution in [0.1, 0.15) is 30.9 Å². The van der Waals surface area contributed by atoms with Crippen LogP contribution in [0.25, 0.3) is 0 Å². The van der Waals surface area contributed by atoms with Gasteiger partial charge in [0, 0.05) is 16.6 Å². The van der Waals surface area contributed by atoms with Gasteiger partial charge >= 0.3 is 0 Å². The summed E-state index contributed by atoms with van der Waals surface area (Å²) in [4.78, 5) is 0. The van der Waals surface area contributed by atoms with E-state index in [1.54, 1.807) is 0 Å². The third-order valence-corrected chi connectivity index (χ3v) is 3.97. The average Bonchev–Trinajstić information content (AvgIpc) is 2.29. The summed E-state index contributed by atoms with van der Waals surface area (Å²) in [5.74, 6) is 1.04. The molecule has 1 aromatic carbocycles. The van der Waals surface area contributed by atoms with E-state index in [-0.39, 0.29) is 12.4 Å². The molecular formula is C13H20O3S. The molecule has 0 radical (unpaired) electrons. The zero-order valence-corrected chi connectivity index (χ0v) is 11.1. The predicted octanol–water partition coefficient (Wildman–Crippen LogP) is 1.41. The van der Waals surface area contributed by atoms with Crippen LogP contribution in [0.15, 0.2) is 24.3 Å². The van der Waals surface area contributed by atoms with Crippen molar-refractivity contribution in [2.75, 3.05) is 12.4 Å². The van der Waals surface area contributed by atoms with Gasteiger partial charge in [0.25, 0.3) is 0 Å². The Bertz CT molecular complexity index is 359. The summed E-state index contributed by atoms with van der Waals surface area (Å²) in [6, 6.07) is 8.02. The lowest BCUT2D eigenvalue weighted by atomic mass is 10.0. The summed E-state index contributed by atoms with van der Waals surface area (Å²) in [5, 5.41) is 17.8. The zero-order chi connectivity index (χ0) is 12.8. The van der Waals surface area contributed by atoms with E-state index in [1.165, 1.54) is 5.56 Å². The van der Waals surface area contributed by atoms with Crippen molar-refractivity contribution in [3.8, 4) is 0 Å². The minimum atomic E-state index is -1.13. The Kier molecular flexibility index (Phi) is 5.82. The highest BCUT2D eigenvalue weighted by molar-refractivity contribution is 7.84. The van der Waals surface area contributed by atoms with Crippen LogP contribution in [-0.4, -0.2) is 32.9 Å². The van der Waals surface area contributed by atoms with E-state index in [2.05, 4.69) is 13.8 Å². The first kappa shape index (κ1) is 14.4. The summed E-state index contributed by atoms with van der Waals surface area (Å²) in [5.41, 5.74) is 2.26. The van der Waals surface area contributed by atoms with Gasteiger partial charge < -0.3 is 10.2 Å². The minimum absolute atomic E-state index is 0.127. The van der Waals surface area contributed by atoms with Crippen molar-refractivity contribution < 1.29 is 14.4 Å². The first-order chi connectivity index (χ1) is 8.02. The molecule has 0 aliphatic heterocycles. The second-order valence-corrected chi connectivity index (χ2v) is 5.99. The van der Waals surface area contributed by atoms with Crippen LogP contribution in [0.4, 0.5) is 0 Å². The van der Waals surface area contributed by atoms with E-state index in [0.29, 0.717) is 11.7 Å². The third-order valence-electron chi connectivity index (χ3n) is 2.56. The monoisotopic (exact) mass is 256 g/mol. The van der Waals surface area contributed by atoms with Crippen LogP contribution in [0.2, 0.25) is 0 Å². The average molecular weight is 256 g/mol. The van der Waals surface area contributed by atoms with Crippen LogP contribution in [0, 0.1) is 0 Å². The van der Waals surface area contributed by atoms with Gasteiger partial charge in [0.2, 0.25) is 0 Å². The molecule has 1 rings (SSSR count). The smallest absolute Gasteiger partial charge is 0.0885 e. The maximum atomic E-state index is 11.6. The van der Waals surface area contributed by atoms with Gasteiger partial charge in [0.05, 0.1) is 18.5 Å². The molecule has 0 amide bonds. The maximum absolute atomic E-state index is 11.6. The highest BCUT2D eigenvalue weighted by Crippen LogP contribution is 2.15. The van der Waals surface area contributed by atoms with Gasteiger partial charge in [-0.15, -0.1) is 0 Å². The number of rotatable bonds is 6. The molecule has 96 valence electrons. The third kappa shape index (κ3) is 4.98. The molecule has 17 heavy (non-hydrogen) atoms. The summed E-state index contributed by atoms with van der Waals surface area (Å²) in [7, 11) is -1.13. The lowest BCUT2D eigenvalue weighted by Crippen LogP contribution is -2.21. The molecule has 4 heteroatoms. The molecule has 2 N–H and O–H groups in total. The van der Waals surface area contributed by atoms with E-state index in [0.717, 1.165) is 5.56 Å². The Morgan fingerprint density at radius 2 is 1.82 bits per heavy atom. The zero-order valence-electron chi connectivity index (χ0n) is 10.3. The summed E-state index contributed by atoms with van der Waals surface area (Å²) < 4.78 is 11.6. The predicted molar refractivity (Wildman–Crippen MR) is 70.3 cm³/mol. The summed E-state index contributed by atoms with van der Waals surface area (Å²) in [6.07, 6.45) is -0.884. The topological polar surface area (TPSA) is 57.5 Å². The fourth-order valence-corrected chi connectivity index (χ4v) is 2.73. The summed E-state index contributed by atoms with van der Waals surface area (Å²) in [6.45, 7) is 3.92. The second-order valence-electron chi connectivity index (χ2n) is 4.48. The molecule has 0 aromatic heterocycles. The van der Waals surface area contributed by atoms with Gasteiger partial charge in [-0.2, -0.15) is 0 Å². The fourth-order valence-electron chi connectivity index (χ4n) is 1.51. The number of aliphatic hydroxyl groups excluding tert-OH is 2. The Balaban J connectivity index is 2.54. The van der Waals surface area contributed by atoms with E-state index in [1.807, 2.05) is 24.3 Å². The van der Waals surface area contributed by atoms with E-state index >= 15 is 0 Å². The fraction of sp³-hybridized carbons (Fsp3) is 0.538. The molecule has 2 unspecified atom stereocenters. The second kappa shape index (κ2) is 6.89. The van der Waals surface area contributed by atoms with Gasteiger partial charge in [0.15, 0.2) is 0 Å². The number of hydrogen-bond acceptors (Lipinski definition) is 3. The molecule has 0 fully saturated rings. The van der Waals surface area contributed by atoms with Gasteiger partial charge in [0.1, 0.15) is 0 Å². The SMILES string of the molecule is CC(C)c1ccc(CS(=O)CC(O)CO)cc1. The maximum Gasteiger partial charge on any atom is 0.0885 e. The Morgan fingerprint density at radius 1 is 1.24 bits per heavy atom. The molecule has 3 nitrogen and oxygen atoms in total. The molecule has 0 saturated heterocycles. The lowest BCUT2D eigenvalue weighted by Gasteiger charge is -2.08. The Labute approximate surface area is 105 Å². The first-order valence-electron chi connectivity index (χ1n) is 5.75. The minimum Gasteiger partial charge on any atom is -0.394 e. The van der Waals surface area contributed by atoms with Gasteiger partial charge in [-0.3, -0.25) is 4.21 Å². The number of aliphatic hydroxyl groups is 2. The van der Waals surface area contributed by atoms with Crippen LogP contribution in [-0.2, 0) is 16.6 Å². The van der Waals surface area contributed by atoms with Crippen molar-refractivity contribution in [3.05, 3.63) is 35.4 Å². The van der Waals surface area contributed by atoms with Crippen molar-refractivity contribution in [2.45, 2.75) is 31.6 Å². The molecule has 0 aliphatic rings. The largest absolute Gasteiger partial charge is 0.394 e. The summed E-state index contributed by atoms with van der Waals surface area (Å²) >= 11 is 0. The Morgan fingerprint density at radius 3 is 2.29 bits per heavy atom. The van der Waals surface area contributed by atoms with Gasteiger partial charge in [-0.05, 0) is 17.0 Å². The van der Waals surface area contributed by atoms with Crippen molar-refractivity contribution >= 4 is 10.8 Å². The highest BCUT2D eigenvalue weighted by atomic mass is 32.2. The number of hydrogen-bond donors (Lipinski definition) is 2. The standard InChI is InChI=1S/C13H20O3S/c1-10(2)12-5-3-11(4-6-12)8-17(16)9-13(15)7-14/h3-6,10,13-15H,7-9H2,1-2H3. The van der Waals surface area contributed by atoms with E-state index < -0.39 is 16.9 Å². The molecule has 0 aliphatic carbocycles. The molecule has 0 bridgehead atoms. The molecule has 2 atom stereocenters. The van der Waals surface area contributed by atoms with Crippen molar-refractivity contribution in [2.24, 2.45) is 0 Å². The van der Waals surface area contributed by atoms with E-state index in [4.69, 9.17) is 5.11 Å². The highest BCUT2D eigenvalue weighted by Gasteiger charge is 2.09. The van der Waals surface area contributed by atoms with Gasteiger partial charge in [-0.25, -0.2) is 0 Å². The molecule has 0 saturated carbocycles. The van der Waals surface area contributed by atoms with Crippen LogP contribution < -0.4 is 0 Å². The number of benzene rings is 1. The molecule has 1 aromatic rings. The normalized spacial score (nSPS) is 14.9. The van der Waals surface area contributed by atoms with Crippen LogP contribution in [0.5, 0.6) is 0 Å². The van der Waals surface area contributed by atoms with Crippen molar-refractivity contribution in [1.29, 1.82) is 0 Å². The van der Waals surface area contributed by atoms with E-state index in [9.17, 15) is 9.32 Å².